The molecule has 0 aliphatic carbocycles. The smallest absolute Gasteiger partial charge is 0.135 e. The van der Waals surface area contributed by atoms with Crippen LogP contribution in [0.25, 0.3) is 0 Å². The van der Waals surface area contributed by atoms with E-state index < -0.39 is 0 Å². The number of imidazole rings is 1. The van der Waals surface area contributed by atoms with Crippen molar-refractivity contribution in [1.29, 1.82) is 0 Å². The van der Waals surface area contributed by atoms with Crippen LogP contribution in [0.15, 0.2) is 35.8 Å². The summed E-state index contributed by atoms with van der Waals surface area (Å²) in [5.41, 5.74) is 4.24. The lowest BCUT2D eigenvalue weighted by atomic mass is 9.96. The summed E-state index contributed by atoms with van der Waals surface area (Å²) in [4.78, 5) is 20.3. The lowest BCUT2D eigenvalue weighted by molar-refractivity contribution is 0.472. The van der Waals surface area contributed by atoms with Crippen LogP contribution in [-0.2, 0) is 13.0 Å². The van der Waals surface area contributed by atoms with E-state index in [-0.39, 0.29) is 0 Å². The summed E-state index contributed by atoms with van der Waals surface area (Å²) in [6.07, 6.45) is 12.1. The Morgan fingerprint density at radius 2 is 2.23 bits per heavy atom. The number of aromatic nitrogens is 5. The first-order valence-corrected chi connectivity index (χ1v) is 10.2. The molecule has 0 saturated carbocycles. The summed E-state index contributed by atoms with van der Waals surface area (Å²) >= 11 is 1.64. The molecule has 6 nitrogen and oxygen atoms in total. The summed E-state index contributed by atoms with van der Waals surface area (Å²) in [7, 11) is 0. The average molecular weight is 369 g/mol. The van der Waals surface area contributed by atoms with Crippen molar-refractivity contribution in [1.82, 2.24) is 24.5 Å². The van der Waals surface area contributed by atoms with E-state index in [2.05, 4.69) is 47.9 Å². The van der Waals surface area contributed by atoms with Crippen LogP contribution in [0.1, 0.15) is 49.2 Å². The third kappa shape index (κ3) is 3.62. The molecule has 0 aromatic carbocycles. The minimum absolute atomic E-state index is 0.418. The second kappa shape index (κ2) is 7.95. The van der Waals surface area contributed by atoms with Crippen molar-refractivity contribution >= 4 is 17.2 Å². The highest BCUT2D eigenvalue weighted by Crippen LogP contribution is 2.30. The van der Waals surface area contributed by atoms with Crippen LogP contribution in [0, 0.1) is 0 Å². The highest BCUT2D eigenvalue weighted by atomic mass is 32.1. The van der Waals surface area contributed by atoms with Gasteiger partial charge in [-0.05, 0) is 19.3 Å². The Hall–Kier alpha value is -2.28. The summed E-state index contributed by atoms with van der Waals surface area (Å²) in [6, 6.07) is 0. The molecule has 3 aromatic heterocycles. The molecule has 0 amide bonds. The van der Waals surface area contributed by atoms with Gasteiger partial charge in [0, 0.05) is 48.5 Å². The molecule has 0 N–H and O–H groups in total. The highest BCUT2D eigenvalue weighted by molar-refractivity contribution is 7.07. The van der Waals surface area contributed by atoms with E-state index in [1.807, 2.05) is 17.9 Å². The SMILES string of the molecule is CCCc1cncnc1N1CCC[C@H](c2nccn2Cc2cscn2)C1. The molecule has 1 atom stereocenters. The predicted octanol–water partition coefficient (Wildman–Crippen LogP) is 3.51. The Morgan fingerprint density at radius 3 is 3.08 bits per heavy atom. The van der Waals surface area contributed by atoms with Crippen LogP contribution in [0.5, 0.6) is 0 Å². The molecule has 136 valence electrons. The fraction of sp³-hybridized carbons (Fsp3) is 0.474. The second-order valence-corrected chi connectivity index (χ2v) is 7.52. The third-order valence-electron chi connectivity index (χ3n) is 4.93. The molecule has 0 bridgehead atoms. The molecule has 1 aliphatic rings. The van der Waals surface area contributed by atoms with E-state index in [1.54, 1.807) is 17.7 Å². The molecule has 26 heavy (non-hydrogen) atoms. The monoisotopic (exact) mass is 368 g/mol. The minimum atomic E-state index is 0.418. The number of piperidine rings is 1. The molecule has 7 heteroatoms. The predicted molar refractivity (Wildman–Crippen MR) is 104 cm³/mol. The molecule has 1 saturated heterocycles. The molecule has 0 spiro atoms. The average Bonchev–Trinajstić information content (AvgIpc) is 3.35. The zero-order valence-corrected chi connectivity index (χ0v) is 15.9. The first kappa shape index (κ1) is 17.1. The van der Waals surface area contributed by atoms with Crippen LogP contribution in [0.4, 0.5) is 5.82 Å². The van der Waals surface area contributed by atoms with Crippen molar-refractivity contribution in [3.63, 3.8) is 0 Å². The summed E-state index contributed by atoms with van der Waals surface area (Å²) in [5, 5.41) is 2.11. The van der Waals surface area contributed by atoms with Gasteiger partial charge in [-0.2, -0.15) is 0 Å². The summed E-state index contributed by atoms with van der Waals surface area (Å²) < 4.78 is 2.25. The van der Waals surface area contributed by atoms with Crippen LogP contribution in [0.3, 0.4) is 0 Å². The molecule has 0 radical (unpaired) electrons. The topological polar surface area (TPSA) is 59.7 Å². The van der Waals surface area contributed by atoms with Gasteiger partial charge >= 0.3 is 0 Å². The summed E-state index contributed by atoms with van der Waals surface area (Å²) in [5.74, 6) is 2.68. The fourth-order valence-corrected chi connectivity index (χ4v) is 4.32. The summed E-state index contributed by atoms with van der Waals surface area (Å²) in [6.45, 7) is 5.01. The van der Waals surface area contributed by atoms with Gasteiger partial charge in [-0.1, -0.05) is 13.3 Å². The van der Waals surface area contributed by atoms with E-state index in [1.165, 1.54) is 12.0 Å². The van der Waals surface area contributed by atoms with Gasteiger partial charge < -0.3 is 9.47 Å². The maximum absolute atomic E-state index is 4.69. The number of thiazole rings is 1. The number of rotatable bonds is 6. The van der Waals surface area contributed by atoms with Crippen molar-refractivity contribution in [3.05, 3.63) is 52.9 Å². The van der Waals surface area contributed by atoms with E-state index in [0.717, 1.165) is 56.2 Å². The Balaban J connectivity index is 1.54. The molecular weight excluding hydrogens is 344 g/mol. The molecule has 1 aliphatic heterocycles. The maximum atomic E-state index is 4.69. The quantitative estimate of drug-likeness (QED) is 0.666. The van der Waals surface area contributed by atoms with Gasteiger partial charge in [0.25, 0.3) is 0 Å². The third-order valence-corrected chi connectivity index (χ3v) is 5.57. The number of hydrogen-bond acceptors (Lipinski definition) is 6. The van der Waals surface area contributed by atoms with Crippen LogP contribution >= 0.6 is 11.3 Å². The largest absolute Gasteiger partial charge is 0.356 e. The first-order valence-electron chi connectivity index (χ1n) is 9.27. The fourth-order valence-electron chi connectivity index (χ4n) is 3.77. The highest BCUT2D eigenvalue weighted by Gasteiger charge is 2.26. The van der Waals surface area contributed by atoms with Gasteiger partial charge in [0.05, 0.1) is 17.7 Å². The minimum Gasteiger partial charge on any atom is -0.356 e. The van der Waals surface area contributed by atoms with Crippen molar-refractivity contribution in [2.24, 2.45) is 0 Å². The Morgan fingerprint density at radius 1 is 1.27 bits per heavy atom. The molecular formula is C19H24N6S. The lowest BCUT2D eigenvalue weighted by Gasteiger charge is -2.34. The Bertz CT molecular complexity index is 828. The van der Waals surface area contributed by atoms with Crippen LogP contribution < -0.4 is 4.90 Å². The van der Waals surface area contributed by atoms with Gasteiger partial charge in [-0.25, -0.2) is 19.9 Å². The van der Waals surface area contributed by atoms with Crippen molar-refractivity contribution < 1.29 is 0 Å². The molecule has 4 heterocycles. The van der Waals surface area contributed by atoms with Gasteiger partial charge in [-0.15, -0.1) is 11.3 Å². The van der Waals surface area contributed by atoms with Crippen molar-refractivity contribution in [3.8, 4) is 0 Å². The molecule has 1 fully saturated rings. The van der Waals surface area contributed by atoms with Gasteiger partial charge in [0.1, 0.15) is 18.0 Å². The first-order chi connectivity index (χ1) is 12.8. The molecule has 0 unspecified atom stereocenters. The van der Waals surface area contributed by atoms with Crippen LogP contribution in [-0.4, -0.2) is 37.6 Å². The molecule has 3 aromatic rings. The maximum Gasteiger partial charge on any atom is 0.135 e. The molecule has 4 rings (SSSR count). The normalized spacial score (nSPS) is 17.6. The standard InChI is InChI=1S/C19H24N6S/c1-2-4-15-9-20-13-22-18(15)24-7-3-5-16(10-24)19-21-6-8-25(19)11-17-12-26-14-23-17/h6,8-9,12-14,16H,2-5,7,10-11H2,1H3/t16-/m0/s1. The zero-order chi connectivity index (χ0) is 17.8. The lowest BCUT2D eigenvalue weighted by Crippen LogP contribution is -2.36. The van der Waals surface area contributed by atoms with Crippen molar-refractivity contribution in [2.75, 3.05) is 18.0 Å². The zero-order valence-electron chi connectivity index (χ0n) is 15.1. The van der Waals surface area contributed by atoms with E-state index in [4.69, 9.17) is 0 Å². The van der Waals surface area contributed by atoms with E-state index >= 15 is 0 Å². The van der Waals surface area contributed by atoms with Gasteiger partial charge in [0.2, 0.25) is 0 Å². The number of anilines is 1. The van der Waals surface area contributed by atoms with E-state index in [0.29, 0.717) is 5.92 Å². The second-order valence-electron chi connectivity index (χ2n) is 6.80. The van der Waals surface area contributed by atoms with E-state index in [9.17, 15) is 0 Å². The van der Waals surface area contributed by atoms with Crippen molar-refractivity contribution in [2.45, 2.75) is 45.1 Å². The number of aryl methyl sites for hydroxylation is 1. The van der Waals surface area contributed by atoms with Gasteiger partial charge in [-0.3, -0.25) is 0 Å². The Kier molecular flexibility index (Phi) is 5.24. The number of hydrogen-bond donors (Lipinski definition) is 0. The van der Waals surface area contributed by atoms with Crippen LogP contribution in [0.2, 0.25) is 0 Å². The number of nitrogens with zero attached hydrogens (tertiary/aromatic N) is 6. The van der Waals surface area contributed by atoms with Gasteiger partial charge in [0.15, 0.2) is 0 Å². The Labute approximate surface area is 158 Å².